The number of rotatable bonds is 7. The van der Waals surface area contributed by atoms with Gasteiger partial charge in [0.1, 0.15) is 24.4 Å². The SMILES string of the molecule is O=Cc1cc(O)c(O)c(O)c1-c1cc(C(=O)OCC2OC(OC(=O)c3cc(O)c(O)c(O)c3)C(O)CC2O)c(O)c(O)c1O. The van der Waals surface area contributed by atoms with Crippen molar-refractivity contribution in [2.45, 2.75) is 31.0 Å². The zero-order valence-corrected chi connectivity index (χ0v) is 22.0. The van der Waals surface area contributed by atoms with E-state index in [1.807, 2.05) is 0 Å². The third kappa shape index (κ3) is 5.69. The molecular formula is C27H24O17. The number of aliphatic hydroxyl groups is 2. The molecule has 0 aromatic heterocycles. The van der Waals surface area contributed by atoms with E-state index in [1.165, 1.54) is 0 Å². The van der Waals surface area contributed by atoms with Crippen LogP contribution in [-0.4, -0.2) is 106 Å². The van der Waals surface area contributed by atoms with E-state index in [-0.39, 0.29) is 6.29 Å². The van der Waals surface area contributed by atoms with Gasteiger partial charge in [0.2, 0.25) is 17.8 Å². The van der Waals surface area contributed by atoms with Crippen LogP contribution in [0, 0.1) is 0 Å². The molecule has 1 saturated heterocycles. The Morgan fingerprint density at radius 1 is 0.750 bits per heavy atom. The summed E-state index contributed by atoms with van der Waals surface area (Å²) in [5.74, 6) is -12.0. The van der Waals surface area contributed by atoms with Gasteiger partial charge in [0, 0.05) is 23.1 Å². The second-order valence-electron chi connectivity index (χ2n) is 9.47. The molecule has 11 N–H and O–H groups in total. The molecule has 3 aromatic carbocycles. The minimum atomic E-state index is -1.77. The predicted molar refractivity (Wildman–Crippen MR) is 140 cm³/mol. The van der Waals surface area contributed by atoms with Gasteiger partial charge in [-0.25, -0.2) is 9.59 Å². The molecule has 4 rings (SSSR count). The Balaban J connectivity index is 1.55. The smallest absolute Gasteiger partial charge is 0.342 e. The standard InChI is InChI=1S/C27H24O17/c28-6-9-3-15(32)22(37)23(38)18(9)10-4-11(20(35)24(39)19(10)34)26(41)42-7-17-12(29)5-16(33)27(43-17)44-25(40)8-1-13(30)21(36)14(31)2-8/h1-4,6,12,16-17,27,29-39H,5,7H2. The molecule has 0 radical (unpaired) electrons. The van der Waals surface area contributed by atoms with E-state index in [2.05, 4.69) is 0 Å². The topological polar surface area (TPSA) is 301 Å². The Kier molecular flexibility index (Phi) is 8.48. The number of phenols is 9. The fourth-order valence-corrected chi connectivity index (χ4v) is 4.29. The van der Waals surface area contributed by atoms with Gasteiger partial charge in [-0.15, -0.1) is 0 Å². The van der Waals surface area contributed by atoms with Crippen molar-refractivity contribution in [2.75, 3.05) is 6.61 Å². The first-order valence-electron chi connectivity index (χ1n) is 12.3. The molecule has 44 heavy (non-hydrogen) atoms. The van der Waals surface area contributed by atoms with Crippen LogP contribution in [0.25, 0.3) is 11.1 Å². The van der Waals surface area contributed by atoms with Crippen molar-refractivity contribution in [1.82, 2.24) is 0 Å². The van der Waals surface area contributed by atoms with Crippen molar-refractivity contribution in [3.63, 3.8) is 0 Å². The van der Waals surface area contributed by atoms with Gasteiger partial charge in [0.25, 0.3) is 0 Å². The van der Waals surface area contributed by atoms with E-state index in [1.54, 1.807) is 0 Å². The van der Waals surface area contributed by atoms with Crippen LogP contribution < -0.4 is 0 Å². The lowest BCUT2D eigenvalue weighted by molar-refractivity contribution is -0.250. The molecule has 3 aromatic rings. The number of aliphatic hydroxyl groups excluding tert-OH is 2. The number of carbonyl (C=O) groups excluding carboxylic acids is 3. The summed E-state index contributed by atoms with van der Waals surface area (Å²) < 4.78 is 15.4. The van der Waals surface area contributed by atoms with E-state index >= 15 is 0 Å². The molecule has 1 aliphatic heterocycles. The van der Waals surface area contributed by atoms with Crippen LogP contribution in [-0.2, 0) is 14.2 Å². The highest BCUT2D eigenvalue weighted by Crippen LogP contribution is 2.51. The third-order valence-corrected chi connectivity index (χ3v) is 6.59. The molecule has 0 aliphatic carbocycles. The molecule has 0 bridgehead atoms. The van der Waals surface area contributed by atoms with Crippen molar-refractivity contribution < 1.29 is 84.8 Å². The minimum absolute atomic E-state index is 0.113. The van der Waals surface area contributed by atoms with Gasteiger partial charge in [0.15, 0.2) is 46.5 Å². The molecular weight excluding hydrogens is 596 g/mol. The summed E-state index contributed by atoms with van der Waals surface area (Å²) in [7, 11) is 0. The van der Waals surface area contributed by atoms with Gasteiger partial charge in [0.05, 0.1) is 11.7 Å². The lowest BCUT2D eigenvalue weighted by Gasteiger charge is -2.36. The van der Waals surface area contributed by atoms with E-state index in [0.717, 1.165) is 12.1 Å². The molecule has 0 amide bonds. The number of phenolic OH excluding ortho intramolecular Hbond substituents is 9. The molecule has 4 atom stereocenters. The van der Waals surface area contributed by atoms with E-state index in [4.69, 9.17) is 14.2 Å². The van der Waals surface area contributed by atoms with Gasteiger partial charge in [-0.3, -0.25) is 4.79 Å². The number of benzene rings is 3. The number of carbonyl (C=O) groups is 3. The maximum Gasteiger partial charge on any atom is 0.342 e. The summed E-state index contributed by atoms with van der Waals surface area (Å²) in [6.07, 6.45) is -6.67. The maximum atomic E-state index is 12.9. The predicted octanol–water partition coefficient (Wildman–Crippen LogP) is 0.367. The summed E-state index contributed by atoms with van der Waals surface area (Å²) in [5.41, 5.74) is -3.10. The molecule has 0 spiro atoms. The van der Waals surface area contributed by atoms with E-state index < -0.39 is 129 Å². The third-order valence-electron chi connectivity index (χ3n) is 6.59. The Labute approximate surface area is 244 Å². The first-order chi connectivity index (χ1) is 20.7. The highest BCUT2D eigenvalue weighted by Gasteiger charge is 2.40. The van der Waals surface area contributed by atoms with Gasteiger partial charge in [-0.1, -0.05) is 0 Å². The molecule has 17 nitrogen and oxygen atoms in total. The van der Waals surface area contributed by atoms with Crippen LogP contribution in [0.1, 0.15) is 37.5 Å². The number of aldehydes is 1. The van der Waals surface area contributed by atoms with Crippen LogP contribution in [0.5, 0.6) is 51.7 Å². The number of ether oxygens (including phenoxy) is 3. The van der Waals surface area contributed by atoms with Gasteiger partial charge in [-0.05, 0) is 24.3 Å². The average molecular weight is 620 g/mol. The summed E-state index contributed by atoms with van der Waals surface area (Å²) in [6, 6.07) is 2.91. The first kappa shape index (κ1) is 31.3. The highest BCUT2D eigenvalue weighted by molar-refractivity contribution is 6.01. The number of esters is 2. The minimum Gasteiger partial charge on any atom is -0.504 e. The molecule has 234 valence electrons. The monoisotopic (exact) mass is 620 g/mol. The average Bonchev–Trinajstić information content (AvgIpc) is 2.98. The van der Waals surface area contributed by atoms with Crippen molar-refractivity contribution in [2.24, 2.45) is 0 Å². The Bertz CT molecular complexity index is 1630. The summed E-state index contributed by atoms with van der Waals surface area (Å²) in [4.78, 5) is 36.9. The van der Waals surface area contributed by atoms with Crippen LogP contribution in [0.15, 0.2) is 24.3 Å². The maximum absolute atomic E-state index is 12.9. The van der Waals surface area contributed by atoms with Crippen LogP contribution in [0.3, 0.4) is 0 Å². The van der Waals surface area contributed by atoms with Gasteiger partial charge < -0.3 is 70.4 Å². The number of aromatic hydroxyl groups is 9. The fourth-order valence-electron chi connectivity index (χ4n) is 4.29. The molecule has 4 unspecified atom stereocenters. The lowest BCUT2D eigenvalue weighted by Crippen LogP contribution is -2.50. The lowest BCUT2D eigenvalue weighted by atomic mass is 9.94. The van der Waals surface area contributed by atoms with E-state index in [0.29, 0.717) is 12.1 Å². The molecule has 1 aliphatic rings. The van der Waals surface area contributed by atoms with Crippen LogP contribution in [0.2, 0.25) is 0 Å². The first-order valence-corrected chi connectivity index (χ1v) is 12.3. The van der Waals surface area contributed by atoms with Gasteiger partial charge >= 0.3 is 11.9 Å². The summed E-state index contributed by atoms with van der Waals surface area (Å²) in [5, 5.41) is 110. The van der Waals surface area contributed by atoms with Crippen molar-refractivity contribution in [3.8, 4) is 62.9 Å². The normalized spacial score (nSPS) is 19.7. The number of hydrogen-bond donors (Lipinski definition) is 11. The summed E-state index contributed by atoms with van der Waals surface area (Å²) >= 11 is 0. The zero-order valence-electron chi connectivity index (χ0n) is 22.0. The van der Waals surface area contributed by atoms with Crippen LogP contribution in [0.4, 0.5) is 0 Å². The fraction of sp³-hybridized carbons (Fsp3) is 0.222. The van der Waals surface area contributed by atoms with E-state index in [9.17, 15) is 70.6 Å². The van der Waals surface area contributed by atoms with Crippen molar-refractivity contribution >= 4 is 18.2 Å². The Hall–Kier alpha value is -5.65. The number of hydrogen-bond acceptors (Lipinski definition) is 17. The van der Waals surface area contributed by atoms with Crippen molar-refractivity contribution in [1.29, 1.82) is 0 Å². The Morgan fingerprint density at radius 3 is 1.98 bits per heavy atom. The molecule has 1 fully saturated rings. The second kappa shape index (κ2) is 11.9. The van der Waals surface area contributed by atoms with Crippen LogP contribution >= 0.6 is 0 Å². The molecule has 0 saturated carbocycles. The molecule has 17 heteroatoms. The van der Waals surface area contributed by atoms with Crippen molar-refractivity contribution in [3.05, 3.63) is 41.0 Å². The largest absolute Gasteiger partial charge is 0.504 e. The molecule has 1 heterocycles. The second-order valence-corrected chi connectivity index (χ2v) is 9.47. The Morgan fingerprint density at radius 2 is 1.36 bits per heavy atom. The highest BCUT2D eigenvalue weighted by atomic mass is 16.7. The van der Waals surface area contributed by atoms with Gasteiger partial charge in [-0.2, -0.15) is 0 Å². The quantitative estimate of drug-likeness (QED) is 0.0965. The zero-order chi connectivity index (χ0) is 32.6. The summed E-state index contributed by atoms with van der Waals surface area (Å²) in [6.45, 7) is -0.817.